The Labute approximate surface area is 136 Å². The average molecular weight is 321 g/mol. The van der Waals surface area contributed by atoms with Crippen molar-refractivity contribution < 1.29 is 4.79 Å². The van der Waals surface area contributed by atoms with Gasteiger partial charge < -0.3 is 0 Å². The van der Waals surface area contributed by atoms with E-state index in [1.807, 2.05) is 18.4 Å². The van der Waals surface area contributed by atoms with Crippen molar-refractivity contribution in [2.75, 3.05) is 0 Å². The summed E-state index contributed by atoms with van der Waals surface area (Å²) in [4.78, 5) is 13.5. The standard InChI is InChI=1S/C18H21ClOS/c1-10(2)13-6-7-14(15(8-13)11(3)4)17(20)18-16(19)12(5)9-21-18/h6-11H,1-5H3. The monoisotopic (exact) mass is 320 g/mol. The number of carbonyl (C=O) groups excluding carboxylic acids is 1. The predicted molar refractivity (Wildman–Crippen MR) is 92.1 cm³/mol. The zero-order chi connectivity index (χ0) is 15.7. The van der Waals surface area contributed by atoms with Crippen LogP contribution < -0.4 is 0 Å². The van der Waals surface area contributed by atoms with E-state index in [2.05, 4.69) is 39.8 Å². The third-order valence-corrected chi connectivity index (χ3v) is 5.41. The van der Waals surface area contributed by atoms with Gasteiger partial charge in [-0.05, 0) is 40.8 Å². The highest BCUT2D eigenvalue weighted by Gasteiger charge is 2.21. The van der Waals surface area contributed by atoms with Crippen molar-refractivity contribution in [3.63, 3.8) is 0 Å². The topological polar surface area (TPSA) is 17.1 Å². The first-order chi connectivity index (χ1) is 9.82. The molecule has 0 aliphatic heterocycles. The summed E-state index contributed by atoms with van der Waals surface area (Å²) >= 11 is 7.69. The fourth-order valence-corrected chi connectivity index (χ4v) is 3.56. The van der Waals surface area contributed by atoms with Crippen LogP contribution in [0.3, 0.4) is 0 Å². The molecule has 0 unspecified atom stereocenters. The molecule has 0 bridgehead atoms. The van der Waals surface area contributed by atoms with Crippen molar-refractivity contribution in [2.24, 2.45) is 0 Å². The van der Waals surface area contributed by atoms with Gasteiger partial charge in [0.25, 0.3) is 0 Å². The van der Waals surface area contributed by atoms with Crippen molar-refractivity contribution in [1.82, 2.24) is 0 Å². The van der Waals surface area contributed by atoms with Crippen LogP contribution in [0.5, 0.6) is 0 Å². The first-order valence-corrected chi connectivity index (χ1v) is 8.50. The number of benzene rings is 1. The van der Waals surface area contributed by atoms with Gasteiger partial charge in [-0.15, -0.1) is 11.3 Å². The number of carbonyl (C=O) groups is 1. The number of rotatable bonds is 4. The second-order valence-electron chi connectivity index (χ2n) is 6.05. The Hall–Kier alpha value is -1.12. The van der Waals surface area contributed by atoms with Crippen LogP contribution in [0, 0.1) is 6.92 Å². The van der Waals surface area contributed by atoms with E-state index in [4.69, 9.17) is 11.6 Å². The van der Waals surface area contributed by atoms with Crippen molar-refractivity contribution >= 4 is 28.7 Å². The molecule has 0 spiro atoms. The van der Waals surface area contributed by atoms with E-state index in [9.17, 15) is 4.79 Å². The van der Waals surface area contributed by atoms with E-state index in [1.54, 1.807) is 0 Å². The van der Waals surface area contributed by atoms with Crippen LogP contribution in [-0.4, -0.2) is 5.78 Å². The smallest absolute Gasteiger partial charge is 0.204 e. The molecular weight excluding hydrogens is 300 g/mol. The lowest BCUT2D eigenvalue weighted by Gasteiger charge is -2.15. The zero-order valence-corrected chi connectivity index (χ0v) is 14.7. The quantitative estimate of drug-likeness (QED) is 0.614. The molecule has 0 saturated carbocycles. The van der Waals surface area contributed by atoms with Crippen LogP contribution in [0.2, 0.25) is 5.02 Å². The minimum absolute atomic E-state index is 0.0390. The molecule has 1 aromatic carbocycles. The Bertz CT molecular complexity index is 668. The molecule has 1 nitrogen and oxygen atoms in total. The molecule has 0 aliphatic carbocycles. The molecule has 2 rings (SSSR count). The molecule has 0 saturated heterocycles. The Balaban J connectivity index is 2.53. The lowest BCUT2D eigenvalue weighted by Crippen LogP contribution is -2.07. The molecule has 1 heterocycles. The van der Waals surface area contributed by atoms with Gasteiger partial charge in [-0.1, -0.05) is 57.5 Å². The van der Waals surface area contributed by atoms with Gasteiger partial charge in [0.05, 0.1) is 9.90 Å². The fraction of sp³-hybridized carbons (Fsp3) is 0.389. The predicted octanol–water partition coefficient (Wildman–Crippen LogP) is 6.19. The summed E-state index contributed by atoms with van der Waals surface area (Å²) in [7, 11) is 0. The fourth-order valence-electron chi connectivity index (χ4n) is 2.33. The highest BCUT2D eigenvalue weighted by molar-refractivity contribution is 7.13. The Morgan fingerprint density at radius 3 is 2.29 bits per heavy atom. The van der Waals surface area contributed by atoms with Crippen LogP contribution >= 0.6 is 22.9 Å². The van der Waals surface area contributed by atoms with Crippen LogP contribution in [-0.2, 0) is 0 Å². The van der Waals surface area contributed by atoms with E-state index >= 15 is 0 Å². The molecule has 0 amide bonds. The number of ketones is 1. The molecule has 112 valence electrons. The number of hydrogen-bond acceptors (Lipinski definition) is 2. The summed E-state index contributed by atoms with van der Waals surface area (Å²) in [6.45, 7) is 10.5. The van der Waals surface area contributed by atoms with Gasteiger partial charge in [0.2, 0.25) is 5.78 Å². The molecule has 0 radical (unpaired) electrons. The highest BCUT2D eigenvalue weighted by atomic mass is 35.5. The number of aryl methyl sites for hydroxylation is 1. The second kappa shape index (κ2) is 6.33. The Morgan fingerprint density at radius 2 is 1.81 bits per heavy atom. The largest absolute Gasteiger partial charge is 0.288 e. The van der Waals surface area contributed by atoms with Gasteiger partial charge in [0, 0.05) is 5.56 Å². The number of halogens is 1. The molecule has 1 aromatic heterocycles. The van der Waals surface area contributed by atoms with Crippen molar-refractivity contribution in [3.05, 3.63) is 55.7 Å². The van der Waals surface area contributed by atoms with Crippen LogP contribution in [0.15, 0.2) is 23.6 Å². The molecule has 0 fully saturated rings. The van der Waals surface area contributed by atoms with Crippen LogP contribution in [0.25, 0.3) is 0 Å². The second-order valence-corrected chi connectivity index (χ2v) is 7.30. The minimum atomic E-state index is 0.0390. The van der Waals surface area contributed by atoms with Crippen molar-refractivity contribution in [1.29, 1.82) is 0 Å². The van der Waals surface area contributed by atoms with E-state index in [1.165, 1.54) is 16.9 Å². The molecule has 2 aromatic rings. The summed E-state index contributed by atoms with van der Waals surface area (Å²) in [5.41, 5.74) is 4.12. The normalized spacial score (nSPS) is 11.4. The van der Waals surface area contributed by atoms with Gasteiger partial charge in [-0.25, -0.2) is 0 Å². The molecule has 0 aliphatic rings. The highest BCUT2D eigenvalue weighted by Crippen LogP contribution is 2.32. The lowest BCUT2D eigenvalue weighted by atomic mass is 9.89. The van der Waals surface area contributed by atoms with E-state index in [-0.39, 0.29) is 5.78 Å². The van der Waals surface area contributed by atoms with Crippen molar-refractivity contribution in [3.8, 4) is 0 Å². The third-order valence-electron chi connectivity index (χ3n) is 3.71. The summed E-state index contributed by atoms with van der Waals surface area (Å²) < 4.78 is 0. The molecule has 0 atom stereocenters. The summed E-state index contributed by atoms with van der Waals surface area (Å²) in [6.07, 6.45) is 0. The third kappa shape index (κ3) is 3.22. The van der Waals surface area contributed by atoms with Gasteiger partial charge in [-0.2, -0.15) is 0 Å². The van der Waals surface area contributed by atoms with E-state index in [0.717, 1.165) is 16.7 Å². The van der Waals surface area contributed by atoms with Crippen LogP contribution in [0.4, 0.5) is 0 Å². The molecular formula is C18H21ClOS. The zero-order valence-electron chi connectivity index (χ0n) is 13.2. The van der Waals surface area contributed by atoms with Crippen molar-refractivity contribution in [2.45, 2.75) is 46.5 Å². The Morgan fingerprint density at radius 1 is 1.14 bits per heavy atom. The number of hydrogen-bond donors (Lipinski definition) is 0. The molecule has 3 heteroatoms. The summed E-state index contributed by atoms with van der Waals surface area (Å²) in [6, 6.07) is 6.17. The van der Waals surface area contributed by atoms with Gasteiger partial charge in [0.1, 0.15) is 0 Å². The summed E-state index contributed by atoms with van der Waals surface area (Å²) in [5, 5.41) is 2.53. The van der Waals surface area contributed by atoms with Gasteiger partial charge >= 0.3 is 0 Å². The van der Waals surface area contributed by atoms with Crippen LogP contribution in [0.1, 0.15) is 71.5 Å². The summed E-state index contributed by atoms with van der Waals surface area (Å²) in [5.74, 6) is 0.804. The SMILES string of the molecule is Cc1csc(C(=O)c2ccc(C(C)C)cc2C(C)C)c1Cl. The van der Waals surface area contributed by atoms with E-state index < -0.39 is 0 Å². The molecule has 0 N–H and O–H groups in total. The minimum Gasteiger partial charge on any atom is -0.288 e. The maximum atomic E-state index is 12.8. The van der Waals surface area contributed by atoms with E-state index in [0.29, 0.717) is 21.7 Å². The maximum Gasteiger partial charge on any atom is 0.204 e. The van der Waals surface area contributed by atoms with Gasteiger partial charge in [-0.3, -0.25) is 4.79 Å². The lowest BCUT2D eigenvalue weighted by molar-refractivity contribution is 0.104. The number of thiophene rings is 1. The Kier molecular flexibility index (Phi) is 4.90. The first kappa shape index (κ1) is 16.3. The maximum absolute atomic E-state index is 12.8. The molecule has 21 heavy (non-hydrogen) atoms. The first-order valence-electron chi connectivity index (χ1n) is 7.25. The van der Waals surface area contributed by atoms with Gasteiger partial charge in [0.15, 0.2) is 0 Å². The average Bonchev–Trinajstić information content (AvgIpc) is 2.77.